The van der Waals surface area contributed by atoms with Gasteiger partial charge in [0.25, 0.3) is 0 Å². The Bertz CT molecular complexity index is 303. The van der Waals surface area contributed by atoms with Crippen LogP contribution in [0.1, 0.15) is 53.4 Å². The van der Waals surface area contributed by atoms with Crippen molar-refractivity contribution in [1.29, 1.82) is 0 Å². The Labute approximate surface area is 128 Å². The minimum Gasteiger partial charge on any atom is -0.465 e. The molecule has 0 aromatic carbocycles. The summed E-state index contributed by atoms with van der Waals surface area (Å²) in [6, 6.07) is 0.232. The van der Waals surface area contributed by atoms with Crippen molar-refractivity contribution in [1.82, 2.24) is 5.32 Å². The van der Waals surface area contributed by atoms with Crippen molar-refractivity contribution >= 4 is 5.97 Å². The molecule has 21 heavy (non-hydrogen) atoms. The summed E-state index contributed by atoms with van der Waals surface area (Å²) >= 11 is 0. The van der Waals surface area contributed by atoms with Crippen LogP contribution in [0, 0.1) is 0 Å². The van der Waals surface area contributed by atoms with Crippen LogP contribution < -0.4 is 5.32 Å². The molecular formula is C16H31NO4. The lowest BCUT2D eigenvalue weighted by atomic mass is 9.95. The summed E-state index contributed by atoms with van der Waals surface area (Å²) in [6.07, 6.45) is 3.81. The third kappa shape index (κ3) is 6.76. The summed E-state index contributed by atoms with van der Waals surface area (Å²) in [6.45, 7) is 10.5. The summed E-state index contributed by atoms with van der Waals surface area (Å²) in [5, 5.41) is 3.33. The molecule has 0 bridgehead atoms. The number of rotatable bonds is 9. The van der Waals surface area contributed by atoms with Gasteiger partial charge in [0, 0.05) is 25.9 Å². The molecule has 5 nitrogen and oxygen atoms in total. The van der Waals surface area contributed by atoms with E-state index in [0.29, 0.717) is 25.7 Å². The van der Waals surface area contributed by atoms with Gasteiger partial charge in [-0.25, -0.2) is 0 Å². The van der Waals surface area contributed by atoms with Crippen LogP contribution in [-0.4, -0.2) is 50.1 Å². The Morgan fingerprint density at radius 1 is 1.38 bits per heavy atom. The van der Waals surface area contributed by atoms with E-state index in [1.807, 2.05) is 27.7 Å². The number of carbonyl (C=O) groups is 1. The van der Waals surface area contributed by atoms with Gasteiger partial charge in [-0.1, -0.05) is 0 Å². The van der Waals surface area contributed by atoms with Gasteiger partial charge in [0.05, 0.1) is 12.7 Å². The fourth-order valence-electron chi connectivity index (χ4n) is 2.68. The zero-order valence-corrected chi connectivity index (χ0v) is 13.9. The molecule has 0 radical (unpaired) electrons. The molecule has 0 aromatic heterocycles. The van der Waals surface area contributed by atoms with E-state index in [2.05, 4.69) is 5.32 Å². The predicted octanol–water partition coefficient (Wildman–Crippen LogP) is 2.28. The van der Waals surface area contributed by atoms with Crippen LogP contribution >= 0.6 is 0 Å². The first-order chi connectivity index (χ1) is 9.98. The minimum absolute atomic E-state index is 0.176. The van der Waals surface area contributed by atoms with Crippen LogP contribution in [0.15, 0.2) is 0 Å². The SMILES string of the molecule is CCOC(=O)C(C)(CCCOC1CCOCC1)NC(C)C. The molecule has 0 spiro atoms. The van der Waals surface area contributed by atoms with Crippen LogP contribution in [0.5, 0.6) is 0 Å². The Morgan fingerprint density at radius 3 is 2.62 bits per heavy atom. The normalized spacial score (nSPS) is 19.5. The molecule has 124 valence electrons. The van der Waals surface area contributed by atoms with Crippen LogP contribution in [0.2, 0.25) is 0 Å². The Hall–Kier alpha value is -0.650. The molecule has 0 amide bonds. The summed E-state index contributed by atoms with van der Waals surface area (Å²) < 4.78 is 16.4. The maximum atomic E-state index is 12.2. The van der Waals surface area contributed by atoms with Gasteiger partial charge in [0.1, 0.15) is 5.54 Å². The van der Waals surface area contributed by atoms with E-state index < -0.39 is 5.54 Å². The zero-order chi connectivity index (χ0) is 15.7. The number of nitrogens with one attached hydrogen (secondary N) is 1. The van der Waals surface area contributed by atoms with Crippen molar-refractivity contribution in [2.75, 3.05) is 26.4 Å². The molecule has 1 unspecified atom stereocenters. The van der Waals surface area contributed by atoms with Crippen molar-refractivity contribution in [3.05, 3.63) is 0 Å². The fourth-order valence-corrected chi connectivity index (χ4v) is 2.68. The minimum atomic E-state index is -0.636. The molecular weight excluding hydrogens is 270 g/mol. The summed E-state index contributed by atoms with van der Waals surface area (Å²) in [5.41, 5.74) is -0.636. The first kappa shape index (κ1) is 18.4. The second-order valence-electron chi connectivity index (χ2n) is 6.14. The lowest BCUT2D eigenvalue weighted by Gasteiger charge is -2.31. The van der Waals surface area contributed by atoms with E-state index in [4.69, 9.17) is 14.2 Å². The maximum Gasteiger partial charge on any atom is 0.326 e. The van der Waals surface area contributed by atoms with E-state index in [1.165, 1.54) is 0 Å². The Kier molecular flexibility index (Phi) is 8.22. The second kappa shape index (κ2) is 9.38. The van der Waals surface area contributed by atoms with E-state index >= 15 is 0 Å². The standard InChI is InChI=1S/C16H31NO4/c1-5-20-15(18)16(4,17-13(2)3)9-6-10-21-14-7-11-19-12-8-14/h13-14,17H,5-12H2,1-4H3. The lowest BCUT2D eigenvalue weighted by Crippen LogP contribution is -2.53. The van der Waals surface area contributed by atoms with Crippen molar-refractivity contribution in [2.45, 2.75) is 71.1 Å². The maximum absolute atomic E-state index is 12.2. The van der Waals surface area contributed by atoms with Crippen molar-refractivity contribution < 1.29 is 19.0 Å². The highest BCUT2D eigenvalue weighted by Gasteiger charge is 2.34. The lowest BCUT2D eigenvalue weighted by molar-refractivity contribution is -0.151. The molecule has 1 saturated heterocycles. The highest BCUT2D eigenvalue weighted by molar-refractivity contribution is 5.80. The van der Waals surface area contributed by atoms with Gasteiger partial charge in [-0.3, -0.25) is 10.1 Å². The Morgan fingerprint density at radius 2 is 2.05 bits per heavy atom. The third-order valence-corrected chi connectivity index (χ3v) is 3.68. The first-order valence-electron chi connectivity index (χ1n) is 8.12. The zero-order valence-electron chi connectivity index (χ0n) is 13.9. The number of ether oxygens (including phenoxy) is 3. The number of carbonyl (C=O) groups excluding carboxylic acids is 1. The Balaban J connectivity index is 2.36. The molecule has 0 aliphatic carbocycles. The summed E-state index contributed by atoms with van der Waals surface area (Å²) in [7, 11) is 0. The molecule has 1 aliphatic rings. The first-order valence-corrected chi connectivity index (χ1v) is 8.12. The fraction of sp³-hybridized carbons (Fsp3) is 0.938. The number of hydrogen-bond donors (Lipinski definition) is 1. The number of hydrogen-bond acceptors (Lipinski definition) is 5. The molecule has 0 saturated carbocycles. The molecule has 1 N–H and O–H groups in total. The largest absolute Gasteiger partial charge is 0.465 e. The van der Waals surface area contributed by atoms with Crippen molar-refractivity contribution in [3.8, 4) is 0 Å². The van der Waals surface area contributed by atoms with Gasteiger partial charge < -0.3 is 14.2 Å². The topological polar surface area (TPSA) is 56.8 Å². The van der Waals surface area contributed by atoms with Crippen LogP contribution in [0.3, 0.4) is 0 Å². The van der Waals surface area contributed by atoms with Crippen molar-refractivity contribution in [2.24, 2.45) is 0 Å². The molecule has 1 rings (SSSR count). The predicted molar refractivity (Wildman–Crippen MR) is 82.3 cm³/mol. The summed E-state index contributed by atoms with van der Waals surface area (Å²) in [4.78, 5) is 12.2. The highest BCUT2D eigenvalue weighted by Crippen LogP contribution is 2.17. The van der Waals surface area contributed by atoms with E-state index in [9.17, 15) is 4.79 Å². The highest BCUT2D eigenvalue weighted by atomic mass is 16.5. The summed E-state index contributed by atoms with van der Waals surface area (Å²) in [5.74, 6) is -0.176. The van der Waals surface area contributed by atoms with E-state index in [0.717, 1.165) is 32.5 Å². The van der Waals surface area contributed by atoms with Crippen LogP contribution in [0.25, 0.3) is 0 Å². The van der Waals surface area contributed by atoms with Gasteiger partial charge in [0.2, 0.25) is 0 Å². The number of esters is 1. The van der Waals surface area contributed by atoms with E-state index in [1.54, 1.807) is 0 Å². The van der Waals surface area contributed by atoms with E-state index in [-0.39, 0.29) is 12.0 Å². The average molecular weight is 301 g/mol. The quantitative estimate of drug-likeness (QED) is 0.523. The average Bonchev–Trinajstić information content (AvgIpc) is 2.44. The van der Waals surface area contributed by atoms with Gasteiger partial charge in [-0.15, -0.1) is 0 Å². The smallest absolute Gasteiger partial charge is 0.326 e. The molecule has 1 fully saturated rings. The van der Waals surface area contributed by atoms with Gasteiger partial charge in [0.15, 0.2) is 0 Å². The van der Waals surface area contributed by atoms with Crippen molar-refractivity contribution in [3.63, 3.8) is 0 Å². The van der Waals surface area contributed by atoms with Gasteiger partial charge in [-0.05, 0) is 53.4 Å². The van der Waals surface area contributed by atoms with Crippen LogP contribution in [0.4, 0.5) is 0 Å². The monoisotopic (exact) mass is 301 g/mol. The molecule has 1 atom stereocenters. The van der Waals surface area contributed by atoms with Gasteiger partial charge in [-0.2, -0.15) is 0 Å². The molecule has 5 heteroatoms. The van der Waals surface area contributed by atoms with Gasteiger partial charge >= 0.3 is 5.97 Å². The molecule has 1 heterocycles. The third-order valence-electron chi connectivity index (χ3n) is 3.68. The molecule has 1 aliphatic heterocycles. The van der Waals surface area contributed by atoms with Crippen LogP contribution in [-0.2, 0) is 19.0 Å². The second-order valence-corrected chi connectivity index (χ2v) is 6.14. The molecule has 0 aromatic rings.